The first-order valence-corrected chi connectivity index (χ1v) is 7.70. The van der Waals surface area contributed by atoms with E-state index in [1.807, 2.05) is 30.3 Å². The minimum absolute atomic E-state index is 0.387. The van der Waals surface area contributed by atoms with Crippen LogP contribution in [0, 0.1) is 17.8 Å². The van der Waals surface area contributed by atoms with Crippen LogP contribution in [-0.2, 0) is 0 Å². The standard InChI is InChI=1S/C17H25NO/c1-12(16-10-13-7-8-15(16)9-13)18-11-17(19)14-5-3-2-4-6-14/h2-6,12-13,15-19H,7-11H2,1H3/t12-,13-,15-,16+,17+/m0/s1. The van der Waals surface area contributed by atoms with Gasteiger partial charge in [-0.1, -0.05) is 36.8 Å². The molecule has 2 heteroatoms. The Kier molecular flexibility index (Phi) is 3.90. The van der Waals surface area contributed by atoms with Crippen molar-refractivity contribution in [1.29, 1.82) is 0 Å². The van der Waals surface area contributed by atoms with Crippen molar-refractivity contribution in [2.24, 2.45) is 17.8 Å². The Hall–Kier alpha value is -0.860. The van der Waals surface area contributed by atoms with Crippen molar-refractivity contribution in [3.8, 4) is 0 Å². The molecule has 2 aliphatic carbocycles. The first-order chi connectivity index (χ1) is 9.24. The van der Waals surface area contributed by atoms with Crippen LogP contribution in [0.5, 0.6) is 0 Å². The molecule has 104 valence electrons. The van der Waals surface area contributed by atoms with Crippen LogP contribution in [0.25, 0.3) is 0 Å². The van der Waals surface area contributed by atoms with Gasteiger partial charge in [0.15, 0.2) is 0 Å². The molecule has 0 saturated heterocycles. The normalized spacial score (nSPS) is 32.4. The van der Waals surface area contributed by atoms with E-state index in [2.05, 4.69) is 12.2 Å². The Morgan fingerprint density at radius 2 is 2.00 bits per heavy atom. The zero-order chi connectivity index (χ0) is 13.2. The van der Waals surface area contributed by atoms with Crippen molar-refractivity contribution in [1.82, 2.24) is 5.32 Å². The van der Waals surface area contributed by atoms with Gasteiger partial charge in [0, 0.05) is 12.6 Å². The van der Waals surface area contributed by atoms with Gasteiger partial charge in [-0.15, -0.1) is 0 Å². The predicted molar refractivity (Wildman–Crippen MR) is 77.8 cm³/mol. The highest BCUT2D eigenvalue weighted by molar-refractivity contribution is 5.17. The third-order valence-electron chi connectivity index (χ3n) is 5.25. The van der Waals surface area contributed by atoms with Crippen molar-refractivity contribution >= 4 is 0 Å². The van der Waals surface area contributed by atoms with E-state index in [1.54, 1.807) is 0 Å². The van der Waals surface area contributed by atoms with Crippen LogP contribution in [0.2, 0.25) is 0 Å². The van der Waals surface area contributed by atoms with Gasteiger partial charge in [-0.25, -0.2) is 0 Å². The third kappa shape index (κ3) is 2.85. The van der Waals surface area contributed by atoms with Crippen molar-refractivity contribution in [2.45, 2.75) is 44.8 Å². The summed E-state index contributed by atoms with van der Waals surface area (Å²) in [6.07, 6.45) is 5.36. The number of aliphatic hydroxyl groups is 1. The molecule has 0 aliphatic heterocycles. The molecule has 0 unspecified atom stereocenters. The van der Waals surface area contributed by atoms with E-state index in [0.717, 1.165) is 23.3 Å². The van der Waals surface area contributed by atoms with Crippen LogP contribution in [0.3, 0.4) is 0 Å². The maximum Gasteiger partial charge on any atom is 0.0914 e. The van der Waals surface area contributed by atoms with Gasteiger partial charge in [-0.3, -0.25) is 0 Å². The molecule has 1 aromatic carbocycles. The molecule has 0 radical (unpaired) electrons. The highest BCUT2D eigenvalue weighted by atomic mass is 16.3. The predicted octanol–water partition coefficient (Wildman–Crippen LogP) is 3.13. The lowest BCUT2D eigenvalue weighted by Gasteiger charge is -2.29. The maximum absolute atomic E-state index is 10.2. The average Bonchev–Trinajstić information content (AvgIpc) is 3.08. The summed E-state index contributed by atoms with van der Waals surface area (Å²) in [6.45, 7) is 2.96. The SMILES string of the molecule is C[C@H](NC[C@@H](O)c1ccccc1)[C@H]1C[C@H]2CC[C@H]1C2. The number of aliphatic hydroxyl groups excluding tert-OH is 1. The van der Waals surface area contributed by atoms with E-state index in [1.165, 1.54) is 25.7 Å². The molecule has 0 amide bonds. The maximum atomic E-state index is 10.2. The Morgan fingerprint density at radius 1 is 1.21 bits per heavy atom. The lowest BCUT2D eigenvalue weighted by molar-refractivity contribution is 0.158. The smallest absolute Gasteiger partial charge is 0.0914 e. The molecule has 0 aromatic heterocycles. The van der Waals surface area contributed by atoms with Gasteiger partial charge >= 0.3 is 0 Å². The zero-order valence-electron chi connectivity index (χ0n) is 11.8. The molecule has 0 heterocycles. The summed E-state index contributed by atoms with van der Waals surface area (Å²) in [7, 11) is 0. The first kappa shape index (κ1) is 13.1. The van der Waals surface area contributed by atoms with E-state index in [-0.39, 0.29) is 6.10 Å². The number of rotatable bonds is 5. The summed E-state index contributed by atoms with van der Waals surface area (Å²) in [4.78, 5) is 0. The van der Waals surface area contributed by atoms with E-state index < -0.39 is 0 Å². The molecule has 2 aliphatic rings. The van der Waals surface area contributed by atoms with Gasteiger partial charge in [-0.05, 0) is 49.5 Å². The second-order valence-corrected chi connectivity index (χ2v) is 6.46. The summed E-state index contributed by atoms with van der Waals surface area (Å²) < 4.78 is 0. The number of fused-ring (bicyclic) bond motifs is 2. The van der Waals surface area contributed by atoms with E-state index in [0.29, 0.717) is 12.6 Å². The lowest BCUT2D eigenvalue weighted by atomic mass is 9.84. The van der Waals surface area contributed by atoms with Gasteiger partial charge < -0.3 is 10.4 Å². The fraction of sp³-hybridized carbons (Fsp3) is 0.647. The molecule has 2 bridgehead atoms. The molecule has 2 nitrogen and oxygen atoms in total. The van der Waals surface area contributed by atoms with Crippen LogP contribution in [0.4, 0.5) is 0 Å². The van der Waals surface area contributed by atoms with Crippen molar-refractivity contribution in [2.75, 3.05) is 6.54 Å². The van der Waals surface area contributed by atoms with E-state index >= 15 is 0 Å². The molecule has 1 aromatic rings. The average molecular weight is 259 g/mol. The second kappa shape index (κ2) is 5.64. The third-order valence-corrected chi connectivity index (χ3v) is 5.25. The highest BCUT2D eigenvalue weighted by Crippen LogP contribution is 2.49. The summed E-state index contributed by atoms with van der Waals surface area (Å²) in [5.74, 6) is 2.78. The quantitative estimate of drug-likeness (QED) is 0.851. The van der Waals surface area contributed by atoms with Crippen molar-refractivity contribution in [3.05, 3.63) is 35.9 Å². The summed E-state index contributed by atoms with van der Waals surface area (Å²) >= 11 is 0. The number of hydrogen-bond acceptors (Lipinski definition) is 2. The summed E-state index contributed by atoms with van der Waals surface area (Å²) in [5.41, 5.74) is 1.01. The summed E-state index contributed by atoms with van der Waals surface area (Å²) in [5, 5.41) is 13.7. The number of hydrogen-bond donors (Lipinski definition) is 2. The van der Waals surface area contributed by atoms with Crippen LogP contribution in [-0.4, -0.2) is 17.7 Å². The van der Waals surface area contributed by atoms with Crippen LogP contribution in [0.15, 0.2) is 30.3 Å². The van der Waals surface area contributed by atoms with E-state index in [9.17, 15) is 5.11 Å². The Labute approximate surface area is 116 Å². The van der Waals surface area contributed by atoms with Crippen LogP contribution in [0.1, 0.15) is 44.3 Å². The Balaban J connectivity index is 1.49. The topological polar surface area (TPSA) is 32.3 Å². The fourth-order valence-corrected chi connectivity index (χ4v) is 4.15. The minimum Gasteiger partial charge on any atom is -0.387 e. The number of benzene rings is 1. The Morgan fingerprint density at radius 3 is 2.63 bits per heavy atom. The van der Waals surface area contributed by atoms with Gasteiger partial charge in [-0.2, -0.15) is 0 Å². The molecule has 19 heavy (non-hydrogen) atoms. The van der Waals surface area contributed by atoms with Crippen LogP contribution >= 0.6 is 0 Å². The van der Waals surface area contributed by atoms with Crippen molar-refractivity contribution < 1.29 is 5.11 Å². The van der Waals surface area contributed by atoms with Gasteiger partial charge in [0.2, 0.25) is 0 Å². The molecule has 0 spiro atoms. The lowest BCUT2D eigenvalue weighted by Crippen LogP contribution is -2.38. The van der Waals surface area contributed by atoms with Gasteiger partial charge in [0.25, 0.3) is 0 Å². The molecular weight excluding hydrogens is 234 g/mol. The zero-order valence-corrected chi connectivity index (χ0v) is 11.8. The number of nitrogens with one attached hydrogen (secondary N) is 1. The highest BCUT2D eigenvalue weighted by Gasteiger charge is 2.41. The molecule has 2 N–H and O–H groups in total. The van der Waals surface area contributed by atoms with E-state index in [4.69, 9.17) is 0 Å². The largest absolute Gasteiger partial charge is 0.387 e. The molecule has 2 saturated carbocycles. The Bertz CT molecular complexity index is 405. The molecular formula is C17H25NO. The molecule has 3 rings (SSSR count). The van der Waals surface area contributed by atoms with Gasteiger partial charge in [0.1, 0.15) is 0 Å². The van der Waals surface area contributed by atoms with Crippen LogP contribution < -0.4 is 5.32 Å². The monoisotopic (exact) mass is 259 g/mol. The van der Waals surface area contributed by atoms with Crippen molar-refractivity contribution in [3.63, 3.8) is 0 Å². The molecule has 2 fully saturated rings. The minimum atomic E-state index is -0.387. The first-order valence-electron chi connectivity index (χ1n) is 7.70. The second-order valence-electron chi connectivity index (χ2n) is 6.46. The summed E-state index contributed by atoms with van der Waals surface area (Å²) in [6, 6.07) is 10.5. The molecule has 5 atom stereocenters. The fourth-order valence-electron chi connectivity index (χ4n) is 4.15. The van der Waals surface area contributed by atoms with Gasteiger partial charge in [0.05, 0.1) is 6.10 Å².